The van der Waals surface area contributed by atoms with E-state index in [4.69, 9.17) is 30.6 Å². The van der Waals surface area contributed by atoms with Gasteiger partial charge < -0.3 is 39.1 Å². The minimum absolute atomic E-state index is 0.00743. The van der Waals surface area contributed by atoms with E-state index in [1.54, 1.807) is 0 Å². The van der Waals surface area contributed by atoms with E-state index in [1.807, 2.05) is 0 Å². The summed E-state index contributed by atoms with van der Waals surface area (Å²) in [6.07, 6.45) is 20.5. The first kappa shape index (κ1) is 45.2. The normalized spacial score (nSPS) is 20.5. The van der Waals surface area contributed by atoms with Gasteiger partial charge in [0.1, 0.15) is 18.3 Å². The molecule has 0 radical (unpaired) electrons. The molecule has 1 aliphatic rings. The van der Waals surface area contributed by atoms with Crippen LogP contribution in [-0.2, 0) is 18.4 Å². The maximum Gasteiger partial charge on any atom is 0.340 e. The van der Waals surface area contributed by atoms with Crippen molar-refractivity contribution < 1.29 is 43.3 Å². The summed E-state index contributed by atoms with van der Waals surface area (Å²) in [5, 5.41) is 21.6. The van der Waals surface area contributed by atoms with E-state index >= 15 is 0 Å². The summed E-state index contributed by atoms with van der Waals surface area (Å²) in [6.45, 7) is 5.34. The van der Waals surface area contributed by atoms with Crippen molar-refractivity contribution in [2.75, 3.05) is 30.5 Å². The number of rotatable bonds is 29. The van der Waals surface area contributed by atoms with Crippen molar-refractivity contribution in [3.05, 3.63) is 11.6 Å². The lowest BCUT2D eigenvalue weighted by atomic mass is 10.1. The number of halogens is 1. The largest absolute Gasteiger partial charge is 0.387 e. The highest BCUT2D eigenvalue weighted by Crippen LogP contribution is 2.55. The van der Waals surface area contributed by atoms with Gasteiger partial charge in [0.25, 0.3) is 0 Å². The number of aliphatic hydroxyl groups is 2. The molecule has 0 saturated carbocycles. The van der Waals surface area contributed by atoms with Crippen LogP contribution in [0.15, 0.2) is 6.33 Å². The zero-order valence-corrected chi connectivity index (χ0v) is 33.8. The Balaban J connectivity index is 1.67. The highest BCUT2D eigenvalue weighted by molar-refractivity contribution is 7.70. The number of aliphatic hydroxyl groups excluding tert-OH is 2. The van der Waals surface area contributed by atoms with E-state index in [1.165, 1.54) is 114 Å². The van der Waals surface area contributed by atoms with E-state index in [2.05, 4.69) is 33.7 Å². The molecule has 1 fully saturated rings. The highest BCUT2D eigenvalue weighted by atomic mass is 35.5. The van der Waals surface area contributed by atoms with Gasteiger partial charge in [-0.05, 0) is 24.4 Å². The number of fused-ring (bicyclic) bond motifs is 1. The van der Waals surface area contributed by atoms with Crippen LogP contribution in [0.25, 0.3) is 11.2 Å². The predicted octanol–water partition coefficient (Wildman–Crippen LogP) is 8.08. The number of imidazole rings is 1. The molecule has 3 heterocycles. The molecule has 5 atom stereocenters. The third kappa shape index (κ3) is 15.9. The molecule has 0 amide bonds. The van der Waals surface area contributed by atoms with Gasteiger partial charge in [-0.3, -0.25) is 13.7 Å². The summed E-state index contributed by atoms with van der Waals surface area (Å²) in [6, 6.07) is 0. The summed E-state index contributed by atoms with van der Waals surface area (Å²) in [7, 11) is -9.55. The molecule has 1 unspecified atom stereocenters. The molecule has 17 heteroatoms. The second-order valence-corrected chi connectivity index (χ2v) is 18.6. The van der Waals surface area contributed by atoms with Gasteiger partial charge in [0, 0.05) is 13.1 Å². The number of aromatic nitrogens is 4. The SMILES string of the molecule is CCCCCCCCCCCCN(CCCCCCCCCCCC)c1nc(Cl)nc2c1ncn2[C@@H]1O[C@H](COP(=O)(O)CP(=O)(O)O)[C@H](O)[C@@H]1O. The fourth-order valence-electron chi connectivity index (χ4n) is 6.75. The van der Waals surface area contributed by atoms with Gasteiger partial charge >= 0.3 is 15.2 Å². The molecular weight excluding hydrogens is 732 g/mol. The average molecular weight is 796 g/mol. The Bertz CT molecular complexity index is 1380. The molecule has 5 N–H and O–H groups in total. The van der Waals surface area contributed by atoms with Crippen LogP contribution >= 0.6 is 26.8 Å². The lowest BCUT2D eigenvalue weighted by molar-refractivity contribution is -0.0483. The van der Waals surface area contributed by atoms with Crippen LogP contribution in [0.3, 0.4) is 0 Å². The van der Waals surface area contributed by atoms with Crippen molar-refractivity contribution in [3.63, 3.8) is 0 Å². The minimum Gasteiger partial charge on any atom is -0.387 e. The molecule has 0 aromatic carbocycles. The first-order valence-corrected chi connectivity index (χ1v) is 23.5. The van der Waals surface area contributed by atoms with Crippen molar-refractivity contribution in [1.82, 2.24) is 19.5 Å². The third-order valence-corrected chi connectivity index (χ3v) is 13.3. The van der Waals surface area contributed by atoms with Crippen LogP contribution in [0.4, 0.5) is 5.82 Å². The first-order chi connectivity index (χ1) is 24.9. The number of anilines is 1. The van der Waals surface area contributed by atoms with Crippen LogP contribution < -0.4 is 4.90 Å². The zero-order chi connectivity index (χ0) is 38.0. The van der Waals surface area contributed by atoms with Crippen molar-refractivity contribution in [1.29, 1.82) is 0 Å². The lowest BCUT2D eigenvalue weighted by Gasteiger charge is -2.24. The number of nitrogens with zero attached hydrogens (tertiary/aromatic N) is 5. The molecule has 52 heavy (non-hydrogen) atoms. The molecule has 0 spiro atoms. The Morgan fingerprint density at radius 1 is 0.769 bits per heavy atom. The molecule has 2 aromatic rings. The molecule has 1 aliphatic heterocycles. The summed E-state index contributed by atoms with van der Waals surface area (Å²) in [4.78, 5) is 43.8. The van der Waals surface area contributed by atoms with Gasteiger partial charge in [-0.2, -0.15) is 9.97 Å². The molecule has 0 bridgehead atoms. The highest BCUT2D eigenvalue weighted by Gasteiger charge is 2.46. The lowest BCUT2D eigenvalue weighted by Crippen LogP contribution is -2.33. The van der Waals surface area contributed by atoms with Gasteiger partial charge in [-0.15, -0.1) is 0 Å². The molecule has 2 aromatic heterocycles. The Morgan fingerprint density at radius 3 is 1.73 bits per heavy atom. The van der Waals surface area contributed by atoms with Crippen LogP contribution in [0, 0.1) is 0 Å². The average Bonchev–Trinajstić information content (AvgIpc) is 3.62. The van der Waals surface area contributed by atoms with Crippen LogP contribution in [0.2, 0.25) is 5.28 Å². The molecule has 14 nitrogen and oxygen atoms in total. The summed E-state index contributed by atoms with van der Waals surface area (Å²) < 4.78 is 35.5. The van der Waals surface area contributed by atoms with Crippen molar-refractivity contribution in [2.24, 2.45) is 0 Å². The number of hydrogen-bond acceptors (Lipinski definition) is 10. The van der Waals surface area contributed by atoms with Crippen LogP contribution in [-0.4, -0.2) is 88.3 Å². The number of hydrogen-bond donors (Lipinski definition) is 5. The van der Waals surface area contributed by atoms with Gasteiger partial charge in [0.15, 0.2) is 29.1 Å². The molecule has 0 aliphatic carbocycles. The standard InChI is InChI=1S/C35H64ClN5O9P2/c1-3-5-7-9-11-13-15-17-19-21-23-40(24-22-20-18-16-14-12-10-8-6-4-2)32-29-33(39-35(36)38-32)41(26-37-29)34-31(43)30(42)28(50-34)25-49-52(47,48)27-51(44,45)46/h26,28,30-31,34,42-43H,3-25,27H2,1-2H3,(H,47,48)(H2,44,45,46)/t28-,30+,31+,34-/m1/s1. The van der Waals surface area contributed by atoms with Crippen LogP contribution in [0.1, 0.15) is 148 Å². The zero-order valence-electron chi connectivity index (χ0n) is 31.2. The van der Waals surface area contributed by atoms with E-state index in [9.17, 15) is 24.2 Å². The van der Waals surface area contributed by atoms with E-state index in [0.717, 1.165) is 38.8 Å². The van der Waals surface area contributed by atoms with E-state index < -0.39 is 52.2 Å². The van der Waals surface area contributed by atoms with E-state index in [0.29, 0.717) is 17.0 Å². The smallest absolute Gasteiger partial charge is 0.340 e. The predicted molar refractivity (Wildman–Crippen MR) is 205 cm³/mol. The number of unbranched alkanes of at least 4 members (excludes halogenated alkanes) is 18. The topological polar surface area (TPSA) is 201 Å². The monoisotopic (exact) mass is 795 g/mol. The van der Waals surface area contributed by atoms with Gasteiger partial charge in [-0.25, -0.2) is 4.98 Å². The minimum atomic E-state index is -4.84. The Hall–Kier alpha value is -1.18. The molecular formula is C35H64ClN5O9P2. The maximum absolute atomic E-state index is 12.2. The summed E-state index contributed by atoms with van der Waals surface area (Å²) in [5.41, 5.74) is 0.758. The van der Waals surface area contributed by atoms with Crippen molar-refractivity contribution >= 4 is 43.8 Å². The summed E-state index contributed by atoms with van der Waals surface area (Å²) in [5.74, 6) is -0.791. The Morgan fingerprint density at radius 2 is 1.25 bits per heavy atom. The second-order valence-electron chi connectivity index (χ2n) is 14.3. The van der Waals surface area contributed by atoms with Gasteiger partial charge in [0.2, 0.25) is 5.28 Å². The van der Waals surface area contributed by atoms with Gasteiger partial charge in [0.05, 0.1) is 12.9 Å². The van der Waals surface area contributed by atoms with Crippen molar-refractivity contribution in [3.8, 4) is 0 Å². The van der Waals surface area contributed by atoms with Crippen molar-refractivity contribution in [2.45, 2.75) is 167 Å². The Labute approximate surface area is 314 Å². The Kier molecular flexibility index (Phi) is 20.6. The second kappa shape index (κ2) is 23.7. The quantitative estimate of drug-likeness (QED) is 0.0301. The fourth-order valence-corrected chi connectivity index (χ4v) is 9.48. The third-order valence-electron chi connectivity index (χ3n) is 9.65. The molecule has 1 saturated heterocycles. The van der Waals surface area contributed by atoms with Gasteiger partial charge in [-0.1, -0.05) is 129 Å². The van der Waals surface area contributed by atoms with Crippen LogP contribution in [0.5, 0.6) is 0 Å². The number of ether oxygens (including phenoxy) is 1. The molecule has 3 rings (SSSR count). The molecule has 300 valence electrons. The fraction of sp³-hybridized carbons (Fsp3) is 0.857. The van der Waals surface area contributed by atoms with E-state index in [-0.39, 0.29) is 5.28 Å². The summed E-state index contributed by atoms with van der Waals surface area (Å²) >= 11 is 6.49. The maximum atomic E-state index is 12.2. The first-order valence-electron chi connectivity index (χ1n) is 19.5.